The molecule has 1 fully saturated rings. The molecule has 14 heavy (non-hydrogen) atoms. The van der Waals surface area contributed by atoms with Gasteiger partial charge < -0.3 is 4.74 Å². The molecule has 1 aliphatic heterocycles. The Morgan fingerprint density at radius 1 is 1.43 bits per heavy atom. The minimum Gasteiger partial charge on any atom is -0.358 e. The van der Waals surface area contributed by atoms with E-state index in [0.29, 0.717) is 0 Å². The van der Waals surface area contributed by atoms with E-state index in [2.05, 4.69) is 15.9 Å². The quantitative estimate of drug-likeness (QED) is 0.774. The zero-order chi connectivity index (χ0) is 9.97. The van der Waals surface area contributed by atoms with Gasteiger partial charge in [0.1, 0.15) is 6.23 Å². The third kappa shape index (κ3) is 2.07. The van der Waals surface area contributed by atoms with Crippen LogP contribution in [0.3, 0.4) is 0 Å². The smallest absolute Gasteiger partial charge is 0.252 e. The molecule has 0 aliphatic carbocycles. The highest BCUT2D eigenvalue weighted by atomic mass is 79.9. The Hall–Kier alpha value is -0.610. The average Bonchev–Trinajstić information content (AvgIpc) is 2.23. The summed E-state index contributed by atoms with van der Waals surface area (Å²) < 4.78 is 8.11. The molecule has 2 heterocycles. The van der Waals surface area contributed by atoms with E-state index in [1.165, 1.54) is 0 Å². The number of hydrogen-bond acceptors (Lipinski definition) is 2. The lowest BCUT2D eigenvalue weighted by Gasteiger charge is -2.24. The fourth-order valence-electron chi connectivity index (χ4n) is 1.64. The highest BCUT2D eigenvalue weighted by Gasteiger charge is 2.16. The van der Waals surface area contributed by atoms with Crippen LogP contribution in [0.25, 0.3) is 0 Å². The Kier molecular flexibility index (Phi) is 3.03. The first-order valence-corrected chi connectivity index (χ1v) is 5.56. The van der Waals surface area contributed by atoms with Crippen LogP contribution in [0.1, 0.15) is 25.5 Å². The largest absolute Gasteiger partial charge is 0.358 e. The van der Waals surface area contributed by atoms with Crippen molar-refractivity contribution in [3.05, 3.63) is 33.2 Å². The van der Waals surface area contributed by atoms with Gasteiger partial charge in [-0.25, -0.2) is 0 Å². The van der Waals surface area contributed by atoms with Crippen LogP contribution < -0.4 is 5.56 Å². The maximum Gasteiger partial charge on any atom is 0.252 e. The Bertz CT molecular complexity index is 369. The van der Waals surface area contributed by atoms with Gasteiger partial charge in [-0.15, -0.1) is 0 Å². The fourth-order valence-corrected chi connectivity index (χ4v) is 2.00. The van der Waals surface area contributed by atoms with Gasteiger partial charge in [-0.1, -0.05) is 0 Å². The summed E-state index contributed by atoms with van der Waals surface area (Å²) >= 11 is 3.35. The molecule has 0 radical (unpaired) electrons. The zero-order valence-electron chi connectivity index (χ0n) is 7.78. The number of pyridine rings is 1. The van der Waals surface area contributed by atoms with E-state index < -0.39 is 0 Å². The summed E-state index contributed by atoms with van der Waals surface area (Å²) in [6.07, 6.45) is 4.87. The van der Waals surface area contributed by atoms with Crippen molar-refractivity contribution in [2.24, 2.45) is 0 Å². The highest BCUT2D eigenvalue weighted by Crippen LogP contribution is 2.21. The summed E-state index contributed by atoms with van der Waals surface area (Å²) in [5.74, 6) is 0. The van der Waals surface area contributed by atoms with Crippen molar-refractivity contribution < 1.29 is 4.74 Å². The monoisotopic (exact) mass is 257 g/mol. The molecular weight excluding hydrogens is 246 g/mol. The van der Waals surface area contributed by atoms with Gasteiger partial charge in [0, 0.05) is 23.3 Å². The second kappa shape index (κ2) is 4.28. The van der Waals surface area contributed by atoms with Gasteiger partial charge in [0.15, 0.2) is 0 Å². The lowest BCUT2D eigenvalue weighted by atomic mass is 10.2. The van der Waals surface area contributed by atoms with Gasteiger partial charge >= 0.3 is 0 Å². The van der Waals surface area contributed by atoms with Crippen LogP contribution in [0.2, 0.25) is 0 Å². The van der Waals surface area contributed by atoms with Crippen LogP contribution in [0.4, 0.5) is 0 Å². The molecule has 0 amide bonds. The van der Waals surface area contributed by atoms with E-state index >= 15 is 0 Å². The molecule has 1 aromatic rings. The van der Waals surface area contributed by atoms with Crippen molar-refractivity contribution >= 4 is 15.9 Å². The Balaban J connectivity index is 2.29. The third-order valence-electron chi connectivity index (χ3n) is 2.37. The van der Waals surface area contributed by atoms with Gasteiger partial charge in [0.2, 0.25) is 0 Å². The van der Waals surface area contributed by atoms with E-state index in [4.69, 9.17) is 4.74 Å². The summed E-state index contributed by atoms with van der Waals surface area (Å²) in [5.41, 5.74) is 0.0000926. The van der Waals surface area contributed by atoms with Crippen molar-refractivity contribution in [1.29, 1.82) is 0 Å². The van der Waals surface area contributed by atoms with Crippen LogP contribution in [-0.2, 0) is 4.74 Å². The Morgan fingerprint density at radius 3 is 3.00 bits per heavy atom. The molecule has 1 atom stereocenters. The predicted octanol–water partition coefficient (Wildman–Crippen LogP) is 2.31. The lowest BCUT2D eigenvalue weighted by Crippen LogP contribution is -2.27. The minimum absolute atomic E-state index is 0.0000926. The van der Waals surface area contributed by atoms with Crippen molar-refractivity contribution in [3.8, 4) is 0 Å². The maximum atomic E-state index is 11.5. The molecule has 0 N–H and O–H groups in total. The topological polar surface area (TPSA) is 31.2 Å². The van der Waals surface area contributed by atoms with Crippen molar-refractivity contribution in [2.45, 2.75) is 25.5 Å². The number of hydrogen-bond donors (Lipinski definition) is 0. The number of rotatable bonds is 1. The number of nitrogens with zero attached hydrogens (tertiary/aromatic N) is 1. The lowest BCUT2D eigenvalue weighted by molar-refractivity contribution is -0.0341. The molecule has 2 rings (SSSR count). The third-order valence-corrected chi connectivity index (χ3v) is 2.84. The Labute approximate surface area is 90.8 Å². The van der Waals surface area contributed by atoms with Crippen LogP contribution in [-0.4, -0.2) is 11.2 Å². The minimum atomic E-state index is -0.0752. The van der Waals surface area contributed by atoms with E-state index in [9.17, 15) is 4.79 Å². The molecule has 0 saturated carbocycles. The second-order valence-corrected chi connectivity index (χ2v) is 4.33. The second-order valence-electron chi connectivity index (χ2n) is 3.41. The van der Waals surface area contributed by atoms with Crippen molar-refractivity contribution in [3.63, 3.8) is 0 Å². The molecule has 1 unspecified atom stereocenters. The fraction of sp³-hybridized carbons (Fsp3) is 0.500. The SMILES string of the molecule is O=c1ccc(Br)cn1C1CCCCO1. The molecule has 0 aromatic carbocycles. The number of ether oxygens (including phenoxy) is 1. The summed E-state index contributed by atoms with van der Waals surface area (Å²) in [6, 6.07) is 3.31. The van der Waals surface area contributed by atoms with E-state index in [0.717, 1.165) is 30.3 Å². The van der Waals surface area contributed by atoms with Crippen molar-refractivity contribution in [1.82, 2.24) is 4.57 Å². The van der Waals surface area contributed by atoms with E-state index in [-0.39, 0.29) is 11.8 Å². The van der Waals surface area contributed by atoms with Crippen LogP contribution in [0, 0.1) is 0 Å². The standard InChI is InChI=1S/C10H12BrNO2/c11-8-4-5-9(13)12(7-8)10-3-1-2-6-14-10/h4-5,7,10H,1-3,6H2. The molecule has 0 spiro atoms. The first-order valence-electron chi connectivity index (χ1n) is 4.77. The molecule has 3 nitrogen and oxygen atoms in total. The average molecular weight is 258 g/mol. The normalized spacial score (nSPS) is 22.2. The first kappa shape index (κ1) is 9.93. The zero-order valence-corrected chi connectivity index (χ0v) is 9.37. The Morgan fingerprint density at radius 2 is 2.29 bits per heavy atom. The number of aromatic nitrogens is 1. The van der Waals surface area contributed by atoms with Gasteiger partial charge in [0.25, 0.3) is 5.56 Å². The van der Waals surface area contributed by atoms with Crippen LogP contribution >= 0.6 is 15.9 Å². The number of halogens is 1. The summed E-state index contributed by atoms with van der Waals surface area (Å²) in [5, 5.41) is 0. The summed E-state index contributed by atoms with van der Waals surface area (Å²) in [4.78, 5) is 11.5. The highest BCUT2D eigenvalue weighted by molar-refractivity contribution is 9.10. The molecule has 76 valence electrons. The van der Waals surface area contributed by atoms with Gasteiger partial charge in [-0.3, -0.25) is 9.36 Å². The van der Waals surface area contributed by atoms with E-state index in [1.54, 1.807) is 22.9 Å². The maximum absolute atomic E-state index is 11.5. The van der Waals surface area contributed by atoms with E-state index in [1.807, 2.05) is 0 Å². The predicted molar refractivity (Wildman–Crippen MR) is 57.2 cm³/mol. The van der Waals surface area contributed by atoms with Gasteiger partial charge in [-0.2, -0.15) is 0 Å². The summed E-state index contributed by atoms with van der Waals surface area (Å²) in [7, 11) is 0. The van der Waals surface area contributed by atoms with Crippen molar-refractivity contribution in [2.75, 3.05) is 6.61 Å². The molecular formula is C10H12BrNO2. The summed E-state index contributed by atoms with van der Waals surface area (Å²) in [6.45, 7) is 0.754. The molecule has 1 saturated heterocycles. The molecule has 1 aliphatic rings. The van der Waals surface area contributed by atoms with Gasteiger partial charge in [-0.05, 0) is 41.3 Å². The van der Waals surface area contributed by atoms with Crippen LogP contribution in [0.5, 0.6) is 0 Å². The van der Waals surface area contributed by atoms with Gasteiger partial charge in [0.05, 0.1) is 0 Å². The molecule has 1 aromatic heterocycles. The molecule has 0 bridgehead atoms. The molecule has 4 heteroatoms. The van der Waals surface area contributed by atoms with Crippen LogP contribution in [0.15, 0.2) is 27.6 Å². The first-order chi connectivity index (χ1) is 6.77.